The lowest BCUT2D eigenvalue weighted by molar-refractivity contribution is -0.126. The van der Waals surface area contributed by atoms with Crippen LogP contribution in [-0.4, -0.2) is 56.3 Å². The molecule has 5 heteroatoms. The lowest BCUT2D eigenvalue weighted by atomic mass is 9.91. The number of morpholine rings is 1. The minimum atomic E-state index is -0.100. The second kappa shape index (κ2) is 9.38. The normalized spacial score (nSPS) is 21.7. The average Bonchev–Trinajstić information content (AvgIpc) is 2.71. The van der Waals surface area contributed by atoms with Gasteiger partial charge in [0.05, 0.1) is 19.1 Å². The second-order valence-electron chi connectivity index (χ2n) is 7.36. The summed E-state index contributed by atoms with van der Waals surface area (Å²) in [6.07, 6.45) is 3.03. The molecule has 1 amide bonds. The summed E-state index contributed by atoms with van der Waals surface area (Å²) in [5.74, 6) is 1.53. The van der Waals surface area contributed by atoms with E-state index in [1.807, 2.05) is 18.2 Å². The Labute approximate surface area is 157 Å². The van der Waals surface area contributed by atoms with Crippen molar-refractivity contribution in [2.24, 2.45) is 11.8 Å². The monoisotopic (exact) mass is 360 g/mol. The third kappa shape index (κ3) is 4.57. The zero-order valence-electron chi connectivity index (χ0n) is 16.1. The number of carbonyl (C=O) groups is 1. The summed E-state index contributed by atoms with van der Waals surface area (Å²) in [5.41, 5.74) is 1.13. The molecule has 5 nitrogen and oxygen atoms in total. The molecular weight excluding hydrogens is 328 g/mol. The highest BCUT2D eigenvalue weighted by Crippen LogP contribution is 2.27. The maximum absolute atomic E-state index is 12.8. The van der Waals surface area contributed by atoms with E-state index in [1.165, 1.54) is 0 Å². The molecule has 0 unspecified atom stereocenters. The second-order valence-corrected chi connectivity index (χ2v) is 7.36. The predicted molar refractivity (Wildman–Crippen MR) is 102 cm³/mol. The Kier molecular flexibility index (Phi) is 6.92. The van der Waals surface area contributed by atoms with Crippen molar-refractivity contribution in [1.82, 2.24) is 10.2 Å². The Balaban J connectivity index is 1.58. The highest BCUT2D eigenvalue weighted by atomic mass is 16.5. The van der Waals surface area contributed by atoms with E-state index in [1.54, 1.807) is 0 Å². The molecule has 26 heavy (non-hydrogen) atoms. The molecule has 0 radical (unpaired) electrons. The molecule has 2 aliphatic rings. The molecule has 0 bridgehead atoms. The Morgan fingerprint density at radius 1 is 1.23 bits per heavy atom. The third-order valence-electron chi connectivity index (χ3n) is 5.84. The van der Waals surface area contributed by atoms with Crippen LogP contribution in [-0.2, 0) is 16.0 Å². The van der Waals surface area contributed by atoms with Gasteiger partial charge in [0.2, 0.25) is 5.91 Å². The van der Waals surface area contributed by atoms with Gasteiger partial charge in [0.25, 0.3) is 0 Å². The van der Waals surface area contributed by atoms with Crippen LogP contribution in [0.5, 0.6) is 5.75 Å². The van der Waals surface area contributed by atoms with Crippen LogP contribution in [0.1, 0.15) is 32.3 Å². The number of ether oxygens (including phenoxy) is 2. The zero-order valence-corrected chi connectivity index (χ0v) is 16.1. The van der Waals surface area contributed by atoms with Crippen molar-refractivity contribution in [1.29, 1.82) is 0 Å². The number of hydrogen-bond donors (Lipinski definition) is 1. The van der Waals surface area contributed by atoms with Crippen LogP contribution in [0.25, 0.3) is 0 Å². The Hall–Kier alpha value is -1.59. The van der Waals surface area contributed by atoms with E-state index in [0.29, 0.717) is 25.1 Å². The van der Waals surface area contributed by atoms with Crippen molar-refractivity contribution >= 4 is 5.91 Å². The summed E-state index contributed by atoms with van der Waals surface area (Å²) in [4.78, 5) is 15.3. The lowest BCUT2D eigenvalue weighted by Crippen LogP contribution is -2.53. The molecular formula is C21H32N2O3. The van der Waals surface area contributed by atoms with E-state index in [9.17, 15) is 4.79 Å². The molecule has 2 heterocycles. The van der Waals surface area contributed by atoms with Crippen molar-refractivity contribution in [3.05, 3.63) is 29.8 Å². The number of fused-ring (bicyclic) bond motifs is 1. The highest BCUT2D eigenvalue weighted by molar-refractivity contribution is 5.79. The van der Waals surface area contributed by atoms with Gasteiger partial charge < -0.3 is 14.8 Å². The first-order valence-corrected chi connectivity index (χ1v) is 10.0. The van der Waals surface area contributed by atoms with Crippen molar-refractivity contribution in [3.8, 4) is 5.75 Å². The molecule has 1 aromatic rings. The van der Waals surface area contributed by atoms with Crippen molar-refractivity contribution in [3.63, 3.8) is 0 Å². The van der Waals surface area contributed by atoms with Crippen molar-refractivity contribution < 1.29 is 14.3 Å². The zero-order chi connectivity index (χ0) is 18.4. The number of rotatable bonds is 7. The molecule has 1 saturated heterocycles. The van der Waals surface area contributed by atoms with Gasteiger partial charge in [-0.3, -0.25) is 9.69 Å². The molecule has 1 fully saturated rings. The third-order valence-corrected chi connectivity index (χ3v) is 5.84. The number of para-hydroxylation sites is 1. The largest absolute Gasteiger partial charge is 0.492 e. The number of benzene rings is 1. The van der Waals surface area contributed by atoms with Crippen molar-refractivity contribution in [2.75, 3.05) is 39.5 Å². The summed E-state index contributed by atoms with van der Waals surface area (Å²) in [6.45, 7) is 9.16. The molecule has 0 aliphatic carbocycles. The molecule has 1 N–H and O–H groups in total. The Morgan fingerprint density at radius 2 is 1.96 bits per heavy atom. The summed E-state index contributed by atoms with van der Waals surface area (Å²) >= 11 is 0. The van der Waals surface area contributed by atoms with Crippen LogP contribution in [0.15, 0.2) is 24.3 Å². The fourth-order valence-corrected chi connectivity index (χ4v) is 4.18. The summed E-state index contributed by atoms with van der Waals surface area (Å²) in [5, 5.41) is 3.23. The molecule has 0 saturated carbocycles. The lowest BCUT2D eigenvalue weighted by Gasteiger charge is -2.39. The minimum absolute atomic E-state index is 0.100. The SMILES string of the molecule is CCC(CC)[C@@H](CNC(=O)[C@@H]1COc2ccccc2C1)N1CCOCC1. The predicted octanol–water partition coefficient (Wildman–Crippen LogP) is 2.49. The fourth-order valence-electron chi connectivity index (χ4n) is 4.18. The fraction of sp³-hybridized carbons (Fsp3) is 0.667. The summed E-state index contributed by atoms with van der Waals surface area (Å²) in [7, 11) is 0. The average molecular weight is 360 g/mol. The number of nitrogens with one attached hydrogen (secondary N) is 1. The van der Waals surface area contributed by atoms with E-state index in [0.717, 1.165) is 56.9 Å². The number of nitrogens with zero attached hydrogens (tertiary/aromatic N) is 1. The smallest absolute Gasteiger partial charge is 0.226 e. The standard InChI is InChI=1S/C21H32N2O3/c1-3-16(4-2)19(23-9-11-25-12-10-23)14-22-21(24)18-13-17-7-5-6-8-20(17)26-15-18/h5-8,16,18-19H,3-4,9-15H2,1-2H3,(H,22,24)/t18-,19+/m0/s1. The van der Waals surface area contributed by atoms with Crippen LogP contribution in [0.2, 0.25) is 0 Å². The van der Waals surface area contributed by atoms with Crippen LogP contribution < -0.4 is 10.1 Å². The van der Waals surface area contributed by atoms with E-state index >= 15 is 0 Å². The molecule has 144 valence electrons. The van der Waals surface area contributed by atoms with Gasteiger partial charge in [0, 0.05) is 25.7 Å². The number of carbonyl (C=O) groups excluding carboxylic acids is 1. The molecule has 2 aliphatic heterocycles. The van der Waals surface area contributed by atoms with Gasteiger partial charge in [0.15, 0.2) is 0 Å². The van der Waals surface area contributed by atoms with Crippen LogP contribution in [0.3, 0.4) is 0 Å². The first-order chi connectivity index (χ1) is 12.7. The summed E-state index contributed by atoms with van der Waals surface area (Å²) < 4.78 is 11.3. The van der Waals surface area contributed by atoms with Gasteiger partial charge in [-0.1, -0.05) is 44.9 Å². The topological polar surface area (TPSA) is 50.8 Å². The summed E-state index contributed by atoms with van der Waals surface area (Å²) in [6, 6.07) is 8.39. The molecule has 3 rings (SSSR count). The Bertz CT molecular complexity index is 582. The highest BCUT2D eigenvalue weighted by Gasteiger charge is 2.30. The molecule has 2 atom stereocenters. The quantitative estimate of drug-likeness (QED) is 0.812. The van der Waals surface area contributed by atoms with Gasteiger partial charge in [-0.05, 0) is 24.0 Å². The van der Waals surface area contributed by atoms with E-state index < -0.39 is 0 Å². The van der Waals surface area contributed by atoms with E-state index in [4.69, 9.17) is 9.47 Å². The molecule has 1 aromatic carbocycles. The van der Waals surface area contributed by atoms with Gasteiger partial charge in [0.1, 0.15) is 12.4 Å². The van der Waals surface area contributed by atoms with E-state index in [2.05, 4.69) is 30.1 Å². The van der Waals surface area contributed by atoms with Crippen LogP contribution in [0.4, 0.5) is 0 Å². The first-order valence-electron chi connectivity index (χ1n) is 10.0. The maximum atomic E-state index is 12.8. The Morgan fingerprint density at radius 3 is 2.69 bits per heavy atom. The van der Waals surface area contributed by atoms with Crippen molar-refractivity contribution in [2.45, 2.75) is 39.2 Å². The maximum Gasteiger partial charge on any atom is 0.226 e. The van der Waals surface area contributed by atoms with Gasteiger partial charge in [-0.25, -0.2) is 0 Å². The molecule has 0 spiro atoms. The van der Waals surface area contributed by atoms with Gasteiger partial charge >= 0.3 is 0 Å². The molecule has 0 aromatic heterocycles. The van der Waals surface area contributed by atoms with Gasteiger partial charge in [-0.15, -0.1) is 0 Å². The first kappa shape index (κ1) is 19.2. The minimum Gasteiger partial charge on any atom is -0.492 e. The van der Waals surface area contributed by atoms with Gasteiger partial charge in [-0.2, -0.15) is 0 Å². The van der Waals surface area contributed by atoms with Crippen LogP contribution in [0, 0.1) is 11.8 Å². The van der Waals surface area contributed by atoms with E-state index in [-0.39, 0.29) is 11.8 Å². The van der Waals surface area contributed by atoms with Crippen LogP contribution >= 0.6 is 0 Å². The number of amides is 1. The number of hydrogen-bond acceptors (Lipinski definition) is 4.